The summed E-state index contributed by atoms with van der Waals surface area (Å²) in [5.41, 5.74) is 1.89. The highest BCUT2D eigenvalue weighted by molar-refractivity contribution is 7.80. The monoisotopic (exact) mass is 429 g/mol. The Balaban J connectivity index is 2.13. The first-order valence-corrected chi connectivity index (χ1v) is 10.1. The summed E-state index contributed by atoms with van der Waals surface area (Å²) >= 11 is 5.62. The van der Waals surface area contributed by atoms with Crippen LogP contribution in [0.2, 0.25) is 0 Å². The largest absolute Gasteiger partial charge is 0.507 e. The Labute approximate surface area is 184 Å². The average Bonchev–Trinajstić information content (AvgIpc) is 2.81. The van der Waals surface area contributed by atoms with Gasteiger partial charge in [0.1, 0.15) is 5.75 Å². The van der Waals surface area contributed by atoms with E-state index in [9.17, 15) is 14.7 Å². The molecule has 0 aliphatic heterocycles. The van der Waals surface area contributed by atoms with Crippen LogP contribution in [-0.2, 0) is 4.74 Å². The van der Waals surface area contributed by atoms with Crippen molar-refractivity contribution in [1.29, 1.82) is 0 Å². The van der Waals surface area contributed by atoms with Gasteiger partial charge in [0.05, 0.1) is 18.0 Å². The second-order valence-electron chi connectivity index (χ2n) is 6.87. The van der Waals surface area contributed by atoms with Crippen LogP contribution in [-0.4, -0.2) is 29.5 Å². The summed E-state index contributed by atoms with van der Waals surface area (Å²) in [4.78, 5) is 25.5. The summed E-state index contributed by atoms with van der Waals surface area (Å²) in [6, 6.07) is 19.6. The third-order valence-electron chi connectivity index (χ3n) is 5.12. The summed E-state index contributed by atoms with van der Waals surface area (Å²) in [5, 5.41) is 13.3. The summed E-state index contributed by atoms with van der Waals surface area (Å²) in [7, 11) is 0. The van der Waals surface area contributed by atoms with Gasteiger partial charge in [-0.05, 0) is 42.7 Å². The first-order valence-electron chi connectivity index (χ1n) is 9.74. The fraction of sp³-hybridized carbons (Fsp3) is 0.0800. The Morgan fingerprint density at radius 3 is 2.16 bits per heavy atom. The van der Waals surface area contributed by atoms with Crippen molar-refractivity contribution < 1.29 is 19.4 Å². The topological polar surface area (TPSA) is 66.8 Å². The quantitative estimate of drug-likeness (QED) is 0.320. The molecular weight excluding hydrogens is 410 g/mol. The molecule has 4 aromatic rings. The normalized spacial score (nSPS) is 10.7. The van der Waals surface area contributed by atoms with Crippen LogP contribution in [0.5, 0.6) is 5.75 Å². The molecule has 5 nitrogen and oxygen atoms in total. The highest BCUT2D eigenvalue weighted by atomic mass is 32.1. The molecule has 0 spiro atoms. The lowest BCUT2D eigenvalue weighted by Crippen LogP contribution is -2.28. The zero-order valence-corrected chi connectivity index (χ0v) is 17.6. The van der Waals surface area contributed by atoms with E-state index in [4.69, 9.17) is 17.0 Å². The van der Waals surface area contributed by atoms with Gasteiger partial charge in [-0.15, -0.1) is 0 Å². The van der Waals surface area contributed by atoms with Crippen LogP contribution in [0.15, 0.2) is 66.7 Å². The third-order valence-corrected chi connectivity index (χ3v) is 5.42. The van der Waals surface area contributed by atoms with Crippen molar-refractivity contribution in [2.45, 2.75) is 6.92 Å². The number of aldehydes is 2. The number of thiocarbonyl (C=S) groups is 1. The zero-order valence-electron chi connectivity index (χ0n) is 16.7. The van der Waals surface area contributed by atoms with Gasteiger partial charge >= 0.3 is 0 Å². The van der Waals surface area contributed by atoms with Gasteiger partial charge in [0.25, 0.3) is 5.17 Å². The molecule has 0 radical (unpaired) electrons. The van der Waals surface area contributed by atoms with Gasteiger partial charge in [-0.25, -0.2) is 0 Å². The Hall–Kier alpha value is -3.77. The fourth-order valence-corrected chi connectivity index (χ4v) is 4.12. The predicted molar refractivity (Wildman–Crippen MR) is 127 cm³/mol. The van der Waals surface area contributed by atoms with E-state index < -0.39 is 0 Å². The first kappa shape index (κ1) is 20.5. The number of hydrogen-bond donors (Lipinski definition) is 1. The van der Waals surface area contributed by atoms with Gasteiger partial charge in [0, 0.05) is 27.3 Å². The van der Waals surface area contributed by atoms with E-state index >= 15 is 0 Å². The van der Waals surface area contributed by atoms with Crippen LogP contribution in [0, 0.1) is 0 Å². The lowest BCUT2D eigenvalue weighted by Gasteiger charge is -2.29. The van der Waals surface area contributed by atoms with Gasteiger partial charge in [-0.2, -0.15) is 0 Å². The molecule has 0 aliphatic rings. The highest BCUT2D eigenvalue weighted by Crippen LogP contribution is 2.41. The summed E-state index contributed by atoms with van der Waals surface area (Å²) in [6.45, 7) is 2.17. The number of fused-ring (bicyclic) bond motifs is 2. The molecule has 31 heavy (non-hydrogen) atoms. The van der Waals surface area contributed by atoms with Crippen LogP contribution < -0.4 is 4.90 Å². The molecular formula is C25H19NO4S. The number of aromatic hydroxyl groups is 1. The number of carbonyl (C=O) groups excluding carboxylic acids is 2. The van der Waals surface area contributed by atoms with Crippen LogP contribution in [0.1, 0.15) is 27.6 Å². The van der Waals surface area contributed by atoms with E-state index in [0.29, 0.717) is 51.6 Å². The van der Waals surface area contributed by atoms with E-state index in [2.05, 4.69) is 0 Å². The third kappa shape index (κ3) is 3.51. The Kier molecular flexibility index (Phi) is 5.64. The number of nitrogens with zero attached hydrogens (tertiary/aromatic N) is 1. The van der Waals surface area contributed by atoms with E-state index in [0.717, 1.165) is 11.7 Å². The fourth-order valence-electron chi connectivity index (χ4n) is 3.81. The van der Waals surface area contributed by atoms with Crippen LogP contribution in [0.25, 0.3) is 21.5 Å². The molecule has 0 amide bonds. The van der Waals surface area contributed by atoms with E-state index in [1.165, 1.54) is 0 Å². The second kappa shape index (κ2) is 8.53. The molecule has 0 heterocycles. The van der Waals surface area contributed by atoms with Crippen molar-refractivity contribution in [3.8, 4) is 5.75 Å². The van der Waals surface area contributed by atoms with Crippen molar-refractivity contribution in [2.75, 3.05) is 11.5 Å². The first-order chi connectivity index (χ1) is 15.1. The van der Waals surface area contributed by atoms with Gasteiger partial charge < -0.3 is 9.84 Å². The Bertz CT molecular complexity index is 1330. The van der Waals surface area contributed by atoms with Crippen molar-refractivity contribution in [1.82, 2.24) is 0 Å². The van der Waals surface area contributed by atoms with Gasteiger partial charge in [-0.1, -0.05) is 48.5 Å². The SMILES string of the molecule is CCOC(=S)N(c1ccc(O)c2ccccc12)c1c(C=O)cc(C=O)c2ccccc12. The maximum atomic E-state index is 12.1. The van der Waals surface area contributed by atoms with E-state index in [-0.39, 0.29) is 10.9 Å². The van der Waals surface area contributed by atoms with E-state index in [1.54, 1.807) is 23.1 Å². The Morgan fingerprint density at radius 2 is 1.52 bits per heavy atom. The molecule has 0 aromatic heterocycles. The average molecular weight is 429 g/mol. The van der Waals surface area contributed by atoms with Crippen LogP contribution in [0.4, 0.5) is 11.4 Å². The number of carbonyl (C=O) groups is 2. The molecule has 1 N–H and O–H groups in total. The van der Waals surface area contributed by atoms with Crippen molar-refractivity contribution in [3.63, 3.8) is 0 Å². The molecule has 4 aromatic carbocycles. The molecule has 4 rings (SSSR count). The number of hydrogen-bond acceptors (Lipinski definition) is 5. The molecule has 0 fully saturated rings. The van der Waals surface area contributed by atoms with Crippen molar-refractivity contribution >= 4 is 62.9 Å². The summed E-state index contributed by atoms with van der Waals surface area (Å²) in [5.74, 6) is 0.137. The number of benzene rings is 4. The molecule has 6 heteroatoms. The van der Waals surface area contributed by atoms with Crippen molar-refractivity contribution in [3.05, 3.63) is 77.9 Å². The number of anilines is 2. The number of ether oxygens (including phenoxy) is 1. The highest BCUT2D eigenvalue weighted by Gasteiger charge is 2.25. The minimum Gasteiger partial charge on any atom is -0.507 e. The maximum Gasteiger partial charge on any atom is 0.268 e. The molecule has 0 saturated carbocycles. The number of rotatable bonds is 5. The minimum atomic E-state index is 0.137. The van der Waals surface area contributed by atoms with E-state index in [1.807, 2.05) is 55.5 Å². The molecule has 0 unspecified atom stereocenters. The Morgan fingerprint density at radius 1 is 0.903 bits per heavy atom. The molecule has 0 saturated heterocycles. The summed E-state index contributed by atoms with van der Waals surface area (Å²) < 4.78 is 5.71. The maximum absolute atomic E-state index is 12.1. The van der Waals surface area contributed by atoms with Gasteiger partial charge in [0.15, 0.2) is 12.6 Å². The number of phenols is 1. The van der Waals surface area contributed by atoms with Crippen LogP contribution in [0.3, 0.4) is 0 Å². The standard InChI is InChI=1S/C25H19NO4S/c1-2-30-25(31)26(22-11-12-23(29)20-9-5-4-8-19(20)22)24-17(15-28)13-16(14-27)18-7-3-6-10-21(18)24/h3-15,29H,2H2,1H3. The van der Waals surface area contributed by atoms with Gasteiger partial charge in [0.2, 0.25) is 0 Å². The molecule has 0 atom stereocenters. The lowest BCUT2D eigenvalue weighted by molar-refractivity contribution is 0.112. The van der Waals surface area contributed by atoms with Crippen LogP contribution >= 0.6 is 12.2 Å². The zero-order chi connectivity index (χ0) is 22.0. The molecule has 154 valence electrons. The smallest absolute Gasteiger partial charge is 0.268 e. The second-order valence-corrected chi connectivity index (χ2v) is 7.22. The van der Waals surface area contributed by atoms with Crippen molar-refractivity contribution in [2.24, 2.45) is 0 Å². The minimum absolute atomic E-state index is 0.137. The van der Waals surface area contributed by atoms with Gasteiger partial charge in [-0.3, -0.25) is 14.5 Å². The predicted octanol–water partition coefficient (Wildman–Crippen LogP) is 5.78. The lowest BCUT2D eigenvalue weighted by atomic mass is 9.97. The molecule has 0 aliphatic carbocycles. The number of phenolic OH excluding ortho intramolecular Hbond substituents is 1. The molecule has 0 bridgehead atoms. The summed E-state index contributed by atoms with van der Waals surface area (Å²) in [6.07, 6.45) is 1.44.